The van der Waals surface area contributed by atoms with Crippen LogP contribution in [0.4, 0.5) is 51.4 Å². The number of aromatic nitrogens is 12. The molecule has 7 aromatic heterocycles. The molecule has 149 heavy (non-hydrogen) atoms. The van der Waals surface area contributed by atoms with E-state index in [1.54, 1.807) is 24.9 Å². The van der Waals surface area contributed by atoms with Gasteiger partial charge in [-0.3, -0.25) is 19.9 Å². The second-order valence-electron chi connectivity index (χ2n) is 36.3. The van der Waals surface area contributed by atoms with Crippen molar-refractivity contribution >= 4 is 84.4 Å². The van der Waals surface area contributed by atoms with Crippen molar-refractivity contribution in [2.75, 3.05) is 24.6 Å². The number of para-hydroxylation sites is 7. The summed E-state index contributed by atoms with van der Waals surface area (Å²) in [6.07, 6.45) is 20.8. The fourth-order valence-corrected chi connectivity index (χ4v) is 18.9. The summed E-state index contributed by atoms with van der Waals surface area (Å²) in [4.78, 5) is 35.6. The fraction of sp³-hybridized carbons (Fsp3) is 0.111. The van der Waals surface area contributed by atoms with Crippen LogP contribution < -0.4 is 43.5 Å². The average Bonchev–Trinajstić information content (AvgIpc) is 1.57. The summed E-state index contributed by atoms with van der Waals surface area (Å²) in [5.41, 5.74) is 34.6. The van der Waals surface area contributed by atoms with Gasteiger partial charge in [0.1, 0.15) is 23.8 Å². The minimum Gasteiger partial charge on any atom is -0.559 e. The Morgan fingerprint density at radius 1 is 0.430 bits per heavy atom. The van der Waals surface area contributed by atoms with Gasteiger partial charge in [0.15, 0.2) is 0 Å². The maximum absolute atomic E-state index is 4.74. The molecule has 747 valence electrons. The molecular formula is C126H104Ir5N18-4. The van der Waals surface area contributed by atoms with Crippen molar-refractivity contribution in [3.05, 3.63) is 520 Å². The third-order valence-electron chi connectivity index (χ3n) is 25.6. The molecule has 0 amide bonds. The van der Waals surface area contributed by atoms with Crippen molar-refractivity contribution in [3.8, 4) is 67.9 Å². The number of rotatable bonds is 13. The molecule has 0 saturated carbocycles. The van der Waals surface area contributed by atoms with Crippen molar-refractivity contribution < 1.29 is 109 Å². The van der Waals surface area contributed by atoms with Crippen LogP contribution in [0.1, 0.15) is 99.2 Å². The number of imidazole rings is 3. The number of hydrogen-bond donors (Lipinski definition) is 0. The van der Waals surface area contributed by atoms with Crippen LogP contribution >= 0.6 is 0 Å². The van der Waals surface area contributed by atoms with Gasteiger partial charge in [-0.1, -0.05) is 252 Å². The quantitative estimate of drug-likeness (QED) is 0.0795. The maximum atomic E-state index is 4.74. The van der Waals surface area contributed by atoms with E-state index in [4.69, 9.17) is 4.98 Å². The zero-order chi connectivity index (χ0) is 98.6. The number of anilines is 9. The maximum Gasteiger partial charge on any atom is 3.00 e. The Morgan fingerprint density at radius 2 is 0.946 bits per heavy atom. The van der Waals surface area contributed by atoms with Crippen molar-refractivity contribution in [1.82, 2.24) is 49.2 Å². The largest absolute Gasteiger partial charge is 3.00 e. The monoisotopic (exact) mass is 2830 g/mol. The summed E-state index contributed by atoms with van der Waals surface area (Å²) in [6.45, 7) is 26.2. The van der Waals surface area contributed by atoms with E-state index in [1.807, 2.05) is 249 Å². The molecule has 23 heteroatoms. The Morgan fingerprint density at radius 3 is 1.53 bits per heavy atom. The molecule has 4 aliphatic rings. The first-order chi connectivity index (χ1) is 70.6. The molecule has 22 aromatic rings. The molecule has 0 spiro atoms. The molecule has 18 nitrogen and oxygen atoms in total. The summed E-state index contributed by atoms with van der Waals surface area (Å²) in [5, 5.41) is 13.3. The zero-order valence-electron chi connectivity index (χ0n) is 83.4. The first-order valence-corrected chi connectivity index (χ1v) is 48.3. The molecule has 0 fully saturated rings. The standard InChI is InChI=1S/C21H23N2.C19H18N2.C19H14N2.C18H17N2.C17H12N4.2C16H10N3.5Ir/c1-15(2)18-11-8-12-19(16(3)4)20(18)23-14-13-22-21(23)17-9-6-5-7-10-17;1-13-10-11-21(20-13)14-8-9-16-15-6-4-5-7-17(15)19(2,3)18(16)12-14;1-3-9-16(10-4-1)20-15-21(17-11-5-2-6-12-17)19-14-8-7-13-18(19)20;1-13-11-14(2)17(15(3)12-13)20-10-9-19-18(20)16-7-5-4-6-8-16;1-3-7-14(8-4-1)20-13-21(15-9-5-2-6-10-15)17-16(20)18-11-12-19-17;1-2-6-12(7-3-1)15-10-13-8-4-5-9-14(13)16-18-17-11-19(15)16;1-2-6-12(7-3-1)15-18-14-9-5-4-8-13(14)16-17-10-11-19(15)16;;;;;/h5-9,11-16H,1-4H3;4-7,9-13H,1-3H3;1-11,13-15H;4-7,9-12H,1-3H3;1-9,11-13H;1-8,10-11H;1-7,9-11H;;;;;/q-1;2*-2;-1;-2;2*-1;;;;2*+3. The van der Waals surface area contributed by atoms with Gasteiger partial charge in [-0.05, 0) is 120 Å². The van der Waals surface area contributed by atoms with Gasteiger partial charge in [0.05, 0.1) is 22.9 Å². The molecular weight excluding hydrogens is 2730 g/mol. The SMILES string of the molecule is CC(C)c1cccc(C(C)C)c1-n1ccnc1-c1[c-]cccc1.CC1C=CN(c2[c-]cc3c(c2)C(C)(C)c2ccccc2-3)[N-]1.Cc1cc(C)c(-n2ccnc2-c2[c-]cccc2)c(C)c1.[Ir+3].[Ir+3].[Ir].[Ir].[Ir].[c-]1cccc2cc(-c3ccccc3)[n+]3cn[n-]c3c12.[c-]1cccc2nc(-c3ccccc3)[n+]3cc[n-]c3c12.[c-]1ccccc1N1[CH-]N(c2ccccc2)c2ccccc21.[c-]1ccccc1N1[CH-]N(c2ccccc2)c2nccnc21. The summed E-state index contributed by atoms with van der Waals surface area (Å²) in [7, 11) is 0. The van der Waals surface area contributed by atoms with Gasteiger partial charge >= 0.3 is 40.2 Å². The second-order valence-corrected chi connectivity index (χ2v) is 36.3. The third kappa shape index (κ3) is 23.6. The number of nitrogens with zero attached hydrogens (tertiary/aromatic N) is 18. The van der Waals surface area contributed by atoms with E-state index in [9.17, 15) is 0 Å². The van der Waals surface area contributed by atoms with Crippen LogP contribution in [0.25, 0.3) is 106 Å². The van der Waals surface area contributed by atoms with Crippen LogP contribution in [0.2, 0.25) is 0 Å². The van der Waals surface area contributed by atoms with Crippen molar-refractivity contribution in [3.63, 3.8) is 0 Å². The number of pyridine rings is 1. The molecule has 3 aliphatic heterocycles. The second kappa shape index (κ2) is 50.0. The third-order valence-corrected chi connectivity index (χ3v) is 25.6. The normalized spacial score (nSPS) is 12.8. The number of hydrogen-bond acceptors (Lipinski definition) is 11. The van der Waals surface area contributed by atoms with Crippen molar-refractivity contribution in [2.45, 2.75) is 92.5 Å². The van der Waals surface area contributed by atoms with Gasteiger partial charge in [-0.15, -0.1) is 179 Å². The van der Waals surface area contributed by atoms with Crippen molar-refractivity contribution in [2.24, 2.45) is 0 Å². The van der Waals surface area contributed by atoms with E-state index in [0.29, 0.717) is 11.8 Å². The van der Waals surface area contributed by atoms with E-state index >= 15 is 0 Å². The molecule has 1 unspecified atom stereocenters. The van der Waals surface area contributed by atoms with E-state index in [0.717, 1.165) is 118 Å². The zero-order valence-corrected chi connectivity index (χ0v) is 95.4. The minimum atomic E-state index is 0. The Bertz CT molecular complexity index is 7740. The first-order valence-electron chi connectivity index (χ1n) is 48.3. The predicted octanol–water partition coefficient (Wildman–Crippen LogP) is 28.0. The summed E-state index contributed by atoms with van der Waals surface area (Å²) in [6, 6.07) is 142. The van der Waals surface area contributed by atoms with Crippen LogP contribution in [-0.2, 0) is 106 Å². The molecule has 15 aromatic carbocycles. The summed E-state index contributed by atoms with van der Waals surface area (Å²) >= 11 is 0. The Kier molecular flexibility index (Phi) is 36.5. The summed E-state index contributed by atoms with van der Waals surface area (Å²) < 4.78 is 8.38. The fourth-order valence-electron chi connectivity index (χ4n) is 18.9. The van der Waals surface area contributed by atoms with Gasteiger partial charge in [-0.25, -0.2) is 9.97 Å². The number of fused-ring (bicyclic) bond motifs is 11. The number of benzene rings is 15. The predicted molar refractivity (Wildman–Crippen MR) is 579 cm³/mol. The Hall–Kier alpha value is -14.5. The Labute approximate surface area is 939 Å². The minimum absolute atomic E-state index is 0. The molecule has 0 bridgehead atoms. The molecule has 1 aliphatic carbocycles. The first kappa shape index (κ1) is 109. The molecule has 0 saturated heterocycles. The molecule has 26 rings (SSSR count). The van der Waals surface area contributed by atoms with E-state index in [1.165, 1.54) is 72.8 Å². The van der Waals surface area contributed by atoms with Crippen molar-refractivity contribution in [1.29, 1.82) is 0 Å². The van der Waals surface area contributed by atoms with Crippen LogP contribution in [0.5, 0.6) is 0 Å². The van der Waals surface area contributed by atoms with Gasteiger partial charge in [-0.2, -0.15) is 77.9 Å². The molecule has 10 heterocycles. The summed E-state index contributed by atoms with van der Waals surface area (Å²) in [5.74, 6) is 5.32. The average molecular weight is 2830 g/mol. The van der Waals surface area contributed by atoms with Crippen LogP contribution in [-0.4, -0.2) is 45.2 Å². The van der Waals surface area contributed by atoms with E-state index < -0.39 is 0 Å². The molecule has 1 atom stereocenters. The van der Waals surface area contributed by atoms with Gasteiger partial charge in [0.25, 0.3) is 0 Å². The van der Waals surface area contributed by atoms with E-state index in [2.05, 4.69) is 354 Å². The van der Waals surface area contributed by atoms with Crippen LogP contribution in [0, 0.1) is 76.6 Å². The number of aryl methyl sites for hydroxylation is 3. The van der Waals surface area contributed by atoms with Gasteiger partial charge in [0, 0.05) is 155 Å². The topological polar surface area (TPSA) is 154 Å². The van der Waals surface area contributed by atoms with Crippen LogP contribution in [0.3, 0.4) is 0 Å². The smallest absolute Gasteiger partial charge is 0.559 e. The van der Waals surface area contributed by atoms with E-state index in [-0.39, 0.29) is 112 Å². The van der Waals surface area contributed by atoms with Crippen LogP contribution in [0.15, 0.2) is 420 Å². The molecule has 0 N–H and O–H groups in total. The van der Waals surface area contributed by atoms with Gasteiger partial charge in [0.2, 0.25) is 0 Å². The Balaban J connectivity index is 0.000000129. The van der Waals surface area contributed by atoms with Gasteiger partial charge < -0.3 is 48.0 Å². The molecule has 3 radical (unpaired) electrons.